The van der Waals surface area contributed by atoms with E-state index in [9.17, 15) is 4.39 Å². The van der Waals surface area contributed by atoms with Gasteiger partial charge in [0.15, 0.2) is 5.82 Å². The van der Waals surface area contributed by atoms with Gasteiger partial charge in [0, 0.05) is 49.5 Å². The minimum atomic E-state index is -3.58. The first-order valence-electron chi connectivity index (χ1n) is 11.6. The highest BCUT2D eigenvalue weighted by Gasteiger charge is 2.45. The summed E-state index contributed by atoms with van der Waals surface area (Å²) in [5.74, 6) is -3.09. The second-order valence-corrected chi connectivity index (χ2v) is 9.11. The lowest BCUT2D eigenvalue weighted by Gasteiger charge is -2.28. The monoisotopic (exact) mass is 541 g/mol. The van der Waals surface area contributed by atoms with Crippen LogP contribution >= 0.6 is 11.6 Å². The van der Waals surface area contributed by atoms with Gasteiger partial charge in [-0.05, 0) is 36.8 Å². The molecule has 4 aromatic rings. The Balaban J connectivity index is 1.58. The van der Waals surface area contributed by atoms with Crippen molar-refractivity contribution in [2.24, 2.45) is 0 Å². The number of hydrogen-bond donors (Lipinski definition) is 3. The van der Waals surface area contributed by atoms with Crippen molar-refractivity contribution in [2.45, 2.75) is 25.4 Å². The van der Waals surface area contributed by atoms with Gasteiger partial charge in [-0.25, -0.2) is 9.37 Å². The molecule has 38 heavy (non-hydrogen) atoms. The quantitative estimate of drug-likeness (QED) is 0.272. The molecule has 13 heteroatoms. The van der Waals surface area contributed by atoms with Crippen LogP contribution < -0.4 is 10.6 Å². The Morgan fingerprint density at radius 1 is 1.29 bits per heavy atom. The van der Waals surface area contributed by atoms with Crippen LogP contribution in [0.4, 0.5) is 19.0 Å². The Labute approximate surface area is 220 Å². The summed E-state index contributed by atoms with van der Waals surface area (Å²) in [5, 5.41) is 21.5. The Bertz CT molecular complexity index is 1540. The van der Waals surface area contributed by atoms with Gasteiger partial charge in [-0.1, -0.05) is 17.7 Å². The average Bonchev–Trinajstić information content (AvgIpc) is 3.54. The molecule has 1 atom stereocenters. The van der Waals surface area contributed by atoms with Crippen LogP contribution in [0.3, 0.4) is 0 Å². The van der Waals surface area contributed by atoms with Crippen LogP contribution in [-0.4, -0.2) is 49.2 Å². The number of nitrogens with one attached hydrogen (secondary N) is 3. The highest BCUT2D eigenvalue weighted by atomic mass is 35.5. The molecular weight excluding hydrogens is 519 g/mol. The van der Waals surface area contributed by atoms with Crippen LogP contribution in [0.25, 0.3) is 22.6 Å². The van der Waals surface area contributed by atoms with E-state index in [2.05, 4.69) is 30.8 Å². The van der Waals surface area contributed by atoms with E-state index >= 15 is 8.78 Å². The minimum absolute atomic E-state index is 0.0982. The molecule has 1 aliphatic rings. The molecule has 0 saturated carbocycles. The van der Waals surface area contributed by atoms with E-state index in [0.29, 0.717) is 39.0 Å². The van der Waals surface area contributed by atoms with Crippen molar-refractivity contribution in [3.8, 4) is 22.6 Å². The van der Waals surface area contributed by atoms with Gasteiger partial charge in [-0.15, -0.1) is 10.2 Å². The van der Waals surface area contributed by atoms with Crippen molar-refractivity contribution in [3.63, 3.8) is 0 Å². The van der Waals surface area contributed by atoms with Crippen molar-refractivity contribution < 1.29 is 13.2 Å². The zero-order valence-corrected chi connectivity index (χ0v) is 21.1. The molecule has 0 saturated heterocycles. The molecule has 5 rings (SSSR count). The van der Waals surface area contributed by atoms with Gasteiger partial charge in [0.25, 0.3) is 0 Å². The summed E-state index contributed by atoms with van der Waals surface area (Å²) in [7, 11) is 1.70. The molecule has 3 N–H and O–H groups in total. The summed E-state index contributed by atoms with van der Waals surface area (Å²) in [6.45, 7) is 0.745. The minimum Gasteiger partial charge on any atom is -0.375 e. The molecule has 4 aromatic heterocycles. The second kappa shape index (κ2) is 9.93. The lowest BCUT2D eigenvalue weighted by molar-refractivity contribution is 0.0205. The SMILES string of the molecule is CN/C(=C\C=N)Nc1cc(-c2cc3n(c2)C[C@H](CF)n2c-3nnc2C(F)(F)c2ncccc2C)c(Cl)cn1. The van der Waals surface area contributed by atoms with Gasteiger partial charge >= 0.3 is 5.92 Å². The highest BCUT2D eigenvalue weighted by molar-refractivity contribution is 6.33. The zero-order chi connectivity index (χ0) is 27.0. The number of anilines is 1. The zero-order valence-electron chi connectivity index (χ0n) is 20.4. The first kappa shape index (κ1) is 25.5. The van der Waals surface area contributed by atoms with Gasteiger partial charge in [0.2, 0.25) is 5.82 Å². The standard InChI is InChI=1S/C25H23ClF3N9/c1-14-4-3-7-32-22(14)25(28,29)24-36-35-23-19-8-15(12-37(19)13-16(10-27)38(23)24)17-9-21(33-11-18(17)26)34-20(31-2)5-6-30/h3-9,11-12,16,30-31H,10,13H2,1-2H3,(H,33,34)/b20-5+,30-6?/t16-/m0/s1. The Morgan fingerprint density at radius 3 is 2.82 bits per heavy atom. The van der Waals surface area contributed by atoms with E-state index in [4.69, 9.17) is 17.0 Å². The third-order valence-electron chi connectivity index (χ3n) is 6.31. The molecule has 0 radical (unpaired) electrons. The number of rotatable bonds is 8. The number of aromatic nitrogens is 6. The Hall–Kier alpha value is -4.19. The fourth-order valence-corrected chi connectivity index (χ4v) is 4.72. The Morgan fingerprint density at radius 2 is 2.11 bits per heavy atom. The second-order valence-electron chi connectivity index (χ2n) is 8.71. The number of pyridine rings is 2. The molecule has 5 heterocycles. The maximum atomic E-state index is 15.6. The van der Waals surface area contributed by atoms with Crippen LogP contribution in [-0.2, 0) is 12.5 Å². The summed E-state index contributed by atoms with van der Waals surface area (Å²) in [4.78, 5) is 8.15. The van der Waals surface area contributed by atoms with Crippen LogP contribution in [0, 0.1) is 12.3 Å². The van der Waals surface area contributed by atoms with E-state index in [-0.39, 0.29) is 12.4 Å². The number of alkyl halides is 3. The number of allylic oxidation sites excluding steroid dienone is 1. The molecule has 9 nitrogen and oxygen atoms in total. The maximum absolute atomic E-state index is 15.6. The normalized spacial score (nSPS) is 15.1. The smallest absolute Gasteiger partial charge is 0.348 e. The topological polar surface area (TPSA) is 109 Å². The summed E-state index contributed by atoms with van der Waals surface area (Å²) >= 11 is 6.46. The third kappa shape index (κ3) is 4.30. The average molecular weight is 542 g/mol. The largest absolute Gasteiger partial charge is 0.375 e. The van der Waals surface area contributed by atoms with Gasteiger partial charge in [0.1, 0.15) is 24.0 Å². The van der Waals surface area contributed by atoms with Crippen LogP contribution in [0.15, 0.2) is 54.8 Å². The molecule has 196 valence electrons. The molecule has 0 aromatic carbocycles. The summed E-state index contributed by atoms with van der Waals surface area (Å²) in [6, 6.07) is 5.64. The number of halogens is 4. The fourth-order valence-electron chi connectivity index (χ4n) is 4.51. The summed E-state index contributed by atoms with van der Waals surface area (Å²) in [5.41, 5.74) is 1.63. The molecule has 0 bridgehead atoms. The van der Waals surface area contributed by atoms with Crippen molar-refractivity contribution in [1.82, 2.24) is 34.6 Å². The van der Waals surface area contributed by atoms with E-state index in [0.717, 1.165) is 6.21 Å². The summed E-state index contributed by atoms with van der Waals surface area (Å²) < 4.78 is 48.4. The number of nitrogens with zero attached hydrogens (tertiary/aromatic N) is 6. The van der Waals surface area contributed by atoms with E-state index in [1.54, 1.807) is 36.0 Å². The van der Waals surface area contributed by atoms with Gasteiger partial charge in [0.05, 0.1) is 16.8 Å². The number of fused-ring (bicyclic) bond motifs is 3. The predicted octanol–water partition coefficient (Wildman–Crippen LogP) is 4.95. The molecule has 1 aliphatic heterocycles. The van der Waals surface area contributed by atoms with E-state index < -0.39 is 30.2 Å². The van der Waals surface area contributed by atoms with E-state index in [1.807, 2.05) is 0 Å². The maximum Gasteiger partial charge on any atom is 0.348 e. The number of aryl methyl sites for hydroxylation is 1. The molecule has 0 spiro atoms. The van der Waals surface area contributed by atoms with Crippen molar-refractivity contribution in [1.29, 1.82) is 5.41 Å². The Kier molecular flexibility index (Phi) is 6.66. The highest BCUT2D eigenvalue weighted by Crippen LogP contribution is 2.42. The van der Waals surface area contributed by atoms with Crippen LogP contribution in [0.5, 0.6) is 0 Å². The third-order valence-corrected chi connectivity index (χ3v) is 6.61. The van der Waals surface area contributed by atoms with Gasteiger partial charge < -0.3 is 20.6 Å². The van der Waals surface area contributed by atoms with E-state index in [1.165, 1.54) is 36.0 Å². The fraction of sp³-hybridized carbons (Fsp3) is 0.240. The lowest BCUT2D eigenvalue weighted by Crippen LogP contribution is -2.31. The summed E-state index contributed by atoms with van der Waals surface area (Å²) in [6.07, 6.45) is 7.19. The molecule has 0 amide bonds. The van der Waals surface area contributed by atoms with Gasteiger partial charge in [-0.2, -0.15) is 8.78 Å². The van der Waals surface area contributed by atoms with Crippen molar-refractivity contribution in [2.75, 3.05) is 19.0 Å². The first-order chi connectivity index (χ1) is 18.3. The predicted molar refractivity (Wildman–Crippen MR) is 138 cm³/mol. The molecule has 0 fully saturated rings. The van der Waals surface area contributed by atoms with Crippen LogP contribution in [0.1, 0.15) is 23.1 Å². The first-order valence-corrected chi connectivity index (χ1v) is 12.0. The lowest BCUT2D eigenvalue weighted by atomic mass is 10.1. The van der Waals surface area contributed by atoms with Crippen molar-refractivity contribution in [3.05, 3.63) is 76.9 Å². The molecular formula is C25H23ClF3N9. The van der Waals surface area contributed by atoms with Gasteiger partial charge in [-0.3, -0.25) is 9.55 Å². The molecule has 0 aliphatic carbocycles. The van der Waals surface area contributed by atoms with Crippen LogP contribution in [0.2, 0.25) is 5.02 Å². The molecule has 0 unspecified atom stereocenters. The van der Waals surface area contributed by atoms with Crippen molar-refractivity contribution >= 4 is 23.6 Å². The number of hydrogen-bond acceptors (Lipinski definition) is 7.